The highest BCUT2D eigenvalue weighted by Gasteiger charge is 2.26. The molecule has 1 saturated heterocycles. The van der Waals surface area contributed by atoms with E-state index in [1.54, 1.807) is 0 Å². The Morgan fingerprint density at radius 2 is 1.95 bits per heavy atom. The summed E-state index contributed by atoms with van der Waals surface area (Å²) in [5, 5.41) is 4.94. The van der Waals surface area contributed by atoms with Crippen LogP contribution >= 0.6 is 15.9 Å². The first-order chi connectivity index (χ1) is 9.30. The first kappa shape index (κ1) is 15.4. The van der Waals surface area contributed by atoms with Gasteiger partial charge in [-0.2, -0.15) is 0 Å². The molecule has 1 aliphatic heterocycles. The van der Waals surface area contributed by atoms with Gasteiger partial charge in [-0.1, -0.05) is 15.9 Å². The standard InChI is InChI=1S/C11H12BrFN2O4S/c12-7-5-8(10(13)9(6-7)20(14,17)18)11(16)15-1-3-19-4-2-15/h5-6H,1-4H2,(H2,14,17,18). The fraction of sp³-hybridized carbons (Fsp3) is 0.364. The molecule has 0 unspecified atom stereocenters. The van der Waals surface area contributed by atoms with Crippen LogP contribution in [0.3, 0.4) is 0 Å². The molecule has 1 aromatic rings. The zero-order chi connectivity index (χ0) is 14.9. The Hall–Kier alpha value is -1.03. The van der Waals surface area contributed by atoms with Gasteiger partial charge < -0.3 is 9.64 Å². The van der Waals surface area contributed by atoms with E-state index in [0.29, 0.717) is 26.3 Å². The Bertz CT molecular complexity index is 644. The SMILES string of the molecule is NS(=O)(=O)c1cc(Br)cc(C(=O)N2CCOCC2)c1F. The van der Waals surface area contributed by atoms with Crippen LogP contribution in [0.2, 0.25) is 0 Å². The van der Waals surface area contributed by atoms with E-state index in [0.717, 1.165) is 6.07 Å². The van der Waals surface area contributed by atoms with Crippen molar-refractivity contribution in [2.75, 3.05) is 26.3 Å². The Morgan fingerprint density at radius 3 is 2.50 bits per heavy atom. The van der Waals surface area contributed by atoms with Crippen molar-refractivity contribution < 1.29 is 22.3 Å². The molecular formula is C11H12BrFN2O4S. The van der Waals surface area contributed by atoms with E-state index in [2.05, 4.69) is 15.9 Å². The summed E-state index contributed by atoms with van der Waals surface area (Å²) in [5.74, 6) is -1.72. The van der Waals surface area contributed by atoms with Gasteiger partial charge in [-0.15, -0.1) is 0 Å². The second-order valence-electron chi connectivity index (χ2n) is 4.22. The Balaban J connectivity index is 2.46. The van der Waals surface area contributed by atoms with Crippen LogP contribution in [-0.4, -0.2) is 45.5 Å². The number of sulfonamides is 1. The maximum absolute atomic E-state index is 14.2. The summed E-state index contributed by atoms with van der Waals surface area (Å²) in [5.41, 5.74) is -0.328. The number of benzene rings is 1. The molecule has 1 aromatic carbocycles. The highest BCUT2D eigenvalue weighted by molar-refractivity contribution is 9.10. The molecule has 0 bridgehead atoms. The van der Waals surface area contributed by atoms with Crippen molar-refractivity contribution in [3.05, 3.63) is 28.0 Å². The highest BCUT2D eigenvalue weighted by Crippen LogP contribution is 2.24. The maximum atomic E-state index is 14.2. The van der Waals surface area contributed by atoms with Crippen LogP contribution in [0.4, 0.5) is 4.39 Å². The number of nitrogens with zero attached hydrogens (tertiary/aromatic N) is 1. The fourth-order valence-electron chi connectivity index (χ4n) is 1.86. The summed E-state index contributed by atoms with van der Waals surface area (Å²) in [6, 6.07) is 2.27. The molecule has 1 amide bonds. The Labute approximate surface area is 123 Å². The monoisotopic (exact) mass is 366 g/mol. The van der Waals surface area contributed by atoms with Crippen LogP contribution in [0, 0.1) is 5.82 Å². The van der Waals surface area contributed by atoms with Crippen LogP contribution in [0.1, 0.15) is 10.4 Å². The lowest BCUT2D eigenvalue weighted by Crippen LogP contribution is -2.41. The second kappa shape index (κ2) is 5.76. The third kappa shape index (κ3) is 3.17. The molecule has 9 heteroatoms. The number of rotatable bonds is 2. The van der Waals surface area contributed by atoms with Gasteiger partial charge in [0.05, 0.1) is 18.8 Å². The van der Waals surface area contributed by atoms with Crippen LogP contribution in [-0.2, 0) is 14.8 Å². The summed E-state index contributed by atoms with van der Waals surface area (Å²) in [6.07, 6.45) is 0. The molecule has 0 radical (unpaired) electrons. The third-order valence-corrected chi connectivity index (χ3v) is 4.21. The molecule has 2 rings (SSSR count). The third-order valence-electron chi connectivity index (χ3n) is 2.84. The van der Waals surface area contributed by atoms with Crippen LogP contribution in [0.25, 0.3) is 0 Å². The van der Waals surface area contributed by atoms with Crippen molar-refractivity contribution >= 4 is 31.9 Å². The number of primary sulfonamides is 1. The van der Waals surface area contributed by atoms with Gasteiger partial charge in [0, 0.05) is 17.6 Å². The van der Waals surface area contributed by atoms with Gasteiger partial charge in [0.1, 0.15) is 4.90 Å². The van der Waals surface area contributed by atoms with Crippen LogP contribution in [0.15, 0.2) is 21.5 Å². The van der Waals surface area contributed by atoms with Gasteiger partial charge in [0.25, 0.3) is 5.91 Å². The predicted molar refractivity (Wildman–Crippen MR) is 72.2 cm³/mol. The van der Waals surface area contributed by atoms with Crippen molar-refractivity contribution in [3.8, 4) is 0 Å². The molecule has 1 aliphatic rings. The molecule has 0 spiro atoms. The fourth-order valence-corrected chi connectivity index (χ4v) is 3.12. The number of carbonyl (C=O) groups excluding carboxylic acids is 1. The van der Waals surface area contributed by atoms with Crippen molar-refractivity contribution in [2.45, 2.75) is 4.90 Å². The van der Waals surface area contributed by atoms with E-state index < -0.39 is 26.6 Å². The average Bonchev–Trinajstić information content (AvgIpc) is 2.40. The lowest BCUT2D eigenvalue weighted by atomic mass is 10.1. The molecule has 0 aromatic heterocycles. The van der Waals surface area contributed by atoms with Gasteiger partial charge in [-0.3, -0.25) is 4.79 Å². The molecule has 110 valence electrons. The normalized spacial score (nSPS) is 16.2. The van der Waals surface area contributed by atoms with E-state index in [-0.39, 0.29) is 10.0 Å². The number of halogens is 2. The largest absolute Gasteiger partial charge is 0.378 e. The highest BCUT2D eigenvalue weighted by atomic mass is 79.9. The minimum atomic E-state index is -4.24. The molecule has 6 nitrogen and oxygen atoms in total. The summed E-state index contributed by atoms with van der Waals surface area (Å²) in [7, 11) is -4.24. The minimum Gasteiger partial charge on any atom is -0.378 e. The van der Waals surface area contributed by atoms with Crippen molar-refractivity contribution in [1.82, 2.24) is 4.90 Å². The lowest BCUT2D eigenvalue weighted by molar-refractivity contribution is 0.0299. The second-order valence-corrected chi connectivity index (χ2v) is 6.66. The number of hydrogen-bond acceptors (Lipinski definition) is 4. The van der Waals surface area contributed by atoms with E-state index in [9.17, 15) is 17.6 Å². The van der Waals surface area contributed by atoms with E-state index in [4.69, 9.17) is 9.88 Å². The molecule has 0 saturated carbocycles. The number of amides is 1. The zero-order valence-electron chi connectivity index (χ0n) is 10.3. The summed E-state index contributed by atoms with van der Waals surface area (Å²) in [4.78, 5) is 12.9. The molecular weight excluding hydrogens is 355 g/mol. The van der Waals surface area contributed by atoms with Gasteiger partial charge in [0.15, 0.2) is 5.82 Å². The van der Waals surface area contributed by atoms with E-state index >= 15 is 0 Å². The molecule has 0 atom stereocenters. The molecule has 1 fully saturated rings. The van der Waals surface area contributed by atoms with Crippen molar-refractivity contribution in [3.63, 3.8) is 0 Å². The summed E-state index contributed by atoms with van der Waals surface area (Å²) >= 11 is 3.05. The number of ether oxygens (including phenoxy) is 1. The maximum Gasteiger partial charge on any atom is 0.257 e. The zero-order valence-corrected chi connectivity index (χ0v) is 12.7. The number of nitrogens with two attached hydrogens (primary N) is 1. The van der Waals surface area contributed by atoms with Crippen molar-refractivity contribution in [1.29, 1.82) is 0 Å². The topological polar surface area (TPSA) is 89.7 Å². The van der Waals surface area contributed by atoms with E-state index in [1.165, 1.54) is 11.0 Å². The predicted octanol–water partition coefficient (Wildman–Crippen LogP) is 0.708. The Kier molecular flexibility index (Phi) is 4.43. The molecule has 0 aliphatic carbocycles. The summed E-state index contributed by atoms with van der Waals surface area (Å²) < 4.78 is 42.2. The first-order valence-corrected chi connectivity index (χ1v) is 8.03. The van der Waals surface area contributed by atoms with Gasteiger partial charge >= 0.3 is 0 Å². The molecule has 2 N–H and O–H groups in total. The summed E-state index contributed by atoms with van der Waals surface area (Å²) in [6.45, 7) is 1.39. The van der Waals surface area contributed by atoms with Crippen molar-refractivity contribution in [2.24, 2.45) is 5.14 Å². The number of hydrogen-bond donors (Lipinski definition) is 1. The Morgan fingerprint density at radius 1 is 1.35 bits per heavy atom. The van der Waals surface area contributed by atoms with Crippen LogP contribution < -0.4 is 5.14 Å². The van der Waals surface area contributed by atoms with Crippen LogP contribution in [0.5, 0.6) is 0 Å². The minimum absolute atomic E-state index is 0.263. The number of carbonyl (C=O) groups is 1. The van der Waals surface area contributed by atoms with Gasteiger partial charge in [0.2, 0.25) is 10.0 Å². The first-order valence-electron chi connectivity index (χ1n) is 5.69. The molecule has 1 heterocycles. The number of morpholine rings is 1. The quantitative estimate of drug-likeness (QED) is 0.834. The average molecular weight is 367 g/mol. The van der Waals surface area contributed by atoms with Gasteiger partial charge in [-0.05, 0) is 12.1 Å². The van der Waals surface area contributed by atoms with E-state index in [1.807, 2.05) is 0 Å². The molecule has 20 heavy (non-hydrogen) atoms. The lowest BCUT2D eigenvalue weighted by Gasteiger charge is -2.27. The smallest absolute Gasteiger partial charge is 0.257 e. The van der Waals surface area contributed by atoms with Gasteiger partial charge in [-0.25, -0.2) is 17.9 Å².